The van der Waals surface area contributed by atoms with Crippen molar-refractivity contribution in [2.75, 3.05) is 12.4 Å². The van der Waals surface area contributed by atoms with E-state index in [1.54, 1.807) is 0 Å². The Morgan fingerprint density at radius 2 is 2.53 bits per heavy atom. The zero-order chi connectivity index (χ0) is 12.8. The summed E-state index contributed by atoms with van der Waals surface area (Å²) < 4.78 is 4.80. The van der Waals surface area contributed by atoms with Crippen LogP contribution in [0.1, 0.15) is 6.42 Å². The Labute approximate surface area is 103 Å². The Morgan fingerprint density at radius 1 is 1.82 bits per heavy atom. The molecule has 1 aromatic heterocycles. The van der Waals surface area contributed by atoms with Crippen LogP contribution in [-0.2, 0) is 4.79 Å². The van der Waals surface area contributed by atoms with Gasteiger partial charge in [0.2, 0.25) is 0 Å². The molecule has 1 aromatic rings. The van der Waals surface area contributed by atoms with Crippen LogP contribution in [0, 0.1) is 12.3 Å². The van der Waals surface area contributed by atoms with Gasteiger partial charge in [-0.05, 0) is 0 Å². The average molecular weight is 256 g/mol. The van der Waals surface area contributed by atoms with E-state index in [-0.39, 0.29) is 23.3 Å². The maximum absolute atomic E-state index is 10.9. The Hall–Kier alpha value is -2.00. The monoisotopic (exact) mass is 255 g/mol. The first kappa shape index (κ1) is 13.1. The van der Waals surface area contributed by atoms with Gasteiger partial charge in [0.1, 0.15) is 11.1 Å². The third-order valence-electron chi connectivity index (χ3n) is 1.84. The van der Waals surface area contributed by atoms with Crippen molar-refractivity contribution in [3.63, 3.8) is 0 Å². The number of carboxylic acids is 1. The summed E-state index contributed by atoms with van der Waals surface area (Å²) in [5.41, 5.74) is 0. The number of aliphatic carboxylic acids is 1. The fraction of sp³-hybridized carbons (Fsp3) is 0.300. The number of carbonyl (C=O) groups is 1. The smallest absolute Gasteiger partial charge is 0.327 e. The van der Waals surface area contributed by atoms with Gasteiger partial charge in [0.15, 0.2) is 5.82 Å². The Morgan fingerprint density at radius 3 is 3.06 bits per heavy atom. The highest BCUT2D eigenvalue weighted by molar-refractivity contribution is 6.32. The minimum Gasteiger partial charge on any atom is -0.480 e. The van der Waals surface area contributed by atoms with Gasteiger partial charge in [-0.2, -0.15) is 4.98 Å². The van der Waals surface area contributed by atoms with E-state index in [9.17, 15) is 4.79 Å². The van der Waals surface area contributed by atoms with E-state index in [0.717, 1.165) is 0 Å². The SMILES string of the molecule is C#CCC(Nc1nc(OC)ncc1Cl)C(=O)O. The van der Waals surface area contributed by atoms with Crippen LogP contribution < -0.4 is 10.1 Å². The zero-order valence-corrected chi connectivity index (χ0v) is 9.73. The highest BCUT2D eigenvalue weighted by Crippen LogP contribution is 2.21. The number of rotatable bonds is 5. The van der Waals surface area contributed by atoms with Crippen molar-refractivity contribution >= 4 is 23.4 Å². The summed E-state index contributed by atoms with van der Waals surface area (Å²) in [4.78, 5) is 18.5. The lowest BCUT2D eigenvalue weighted by Gasteiger charge is -2.13. The van der Waals surface area contributed by atoms with Crippen LogP contribution in [0.4, 0.5) is 5.82 Å². The Kier molecular flexibility index (Phi) is 4.55. The van der Waals surface area contributed by atoms with E-state index in [0.29, 0.717) is 0 Å². The summed E-state index contributed by atoms with van der Waals surface area (Å²) in [6, 6.07) is -0.876. The molecule has 0 saturated heterocycles. The summed E-state index contributed by atoms with van der Waals surface area (Å²) in [6.07, 6.45) is 6.39. The number of ether oxygens (including phenoxy) is 1. The van der Waals surface area contributed by atoms with Gasteiger partial charge in [-0.25, -0.2) is 9.78 Å². The first-order chi connectivity index (χ1) is 8.08. The lowest BCUT2D eigenvalue weighted by molar-refractivity contribution is -0.137. The number of methoxy groups -OCH3 is 1. The molecule has 0 amide bonds. The summed E-state index contributed by atoms with van der Waals surface area (Å²) >= 11 is 5.81. The molecule has 1 unspecified atom stereocenters. The number of nitrogens with zero attached hydrogens (tertiary/aromatic N) is 2. The molecule has 90 valence electrons. The van der Waals surface area contributed by atoms with E-state index in [4.69, 9.17) is 27.9 Å². The predicted molar refractivity (Wildman–Crippen MR) is 62.1 cm³/mol. The Balaban J connectivity index is 2.92. The molecule has 0 aliphatic heterocycles. The van der Waals surface area contributed by atoms with Crippen LogP contribution >= 0.6 is 11.6 Å². The fourth-order valence-corrected chi connectivity index (χ4v) is 1.18. The second kappa shape index (κ2) is 5.92. The van der Waals surface area contributed by atoms with Gasteiger partial charge in [0.25, 0.3) is 0 Å². The van der Waals surface area contributed by atoms with E-state index in [1.807, 2.05) is 0 Å². The molecule has 17 heavy (non-hydrogen) atoms. The molecule has 2 N–H and O–H groups in total. The topological polar surface area (TPSA) is 84.3 Å². The van der Waals surface area contributed by atoms with Crippen LogP contribution in [0.15, 0.2) is 6.20 Å². The minimum absolute atomic E-state index is 0.0119. The number of terminal acetylenes is 1. The van der Waals surface area contributed by atoms with Gasteiger partial charge in [-0.15, -0.1) is 12.3 Å². The predicted octanol–water partition coefficient (Wildman–Crippen LogP) is 1.03. The molecule has 0 spiro atoms. The quantitative estimate of drug-likeness (QED) is 0.765. The number of halogens is 1. The van der Waals surface area contributed by atoms with Gasteiger partial charge in [0, 0.05) is 6.42 Å². The first-order valence-electron chi connectivity index (χ1n) is 4.57. The van der Waals surface area contributed by atoms with E-state index in [2.05, 4.69) is 21.2 Å². The molecular formula is C10H10ClN3O3. The maximum atomic E-state index is 10.9. The number of aromatic nitrogens is 2. The molecule has 0 aromatic carbocycles. The highest BCUT2D eigenvalue weighted by Gasteiger charge is 2.18. The van der Waals surface area contributed by atoms with Crippen LogP contribution in [0.25, 0.3) is 0 Å². The molecule has 0 saturated carbocycles. The van der Waals surface area contributed by atoms with Crippen molar-refractivity contribution in [1.29, 1.82) is 0 Å². The molecule has 7 heteroatoms. The largest absolute Gasteiger partial charge is 0.480 e. The van der Waals surface area contributed by atoms with Gasteiger partial charge < -0.3 is 15.2 Å². The number of nitrogens with one attached hydrogen (secondary N) is 1. The molecule has 0 aliphatic rings. The van der Waals surface area contributed by atoms with Crippen molar-refractivity contribution in [2.45, 2.75) is 12.5 Å². The number of hydrogen-bond donors (Lipinski definition) is 2. The normalized spacial score (nSPS) is 11.4. The highest BCUT2D eigenvalue weighted by atomic mass is 35.5. The lowest BCUT2D eigenvalue weighted by atomic mass is 10.2. The van der Waals surface area contributed by atoms with Crippen molar-refractivity contribution in [3.05, 3.63) is 11.2 Å². The number of hydrogen-bond acceptors (Lipinski definition) is 5. The molecule has 0 radical (unpaired) electrons. The molecular weight excluding hydrogens is 246 g/mol. The Bertz CT molecular complexity index is 459. The summed E-state index contributed by atoms with van der Waals surface area (Å²) in [7, 11) is 1.39. The lowest BCUT2D eigenvalue weighted by Crippen LogP contribution is -2.29. The second-order valence-corrected chi connectivity index (χ2v) is 3.40. The molecule has 0 bridgehead atoms. The first-order valence-corrected chi connectivity index (χ1v) is 4.95. The molecule has 1 rings (SSSR count). The van der Waals surface area contributed by atoms with Crippen molar-refractivity contribution in [3.8, 4) is 18.4 Å². The third kappa shape index (κ3) is 3.50. The standard InChI is InChI=1S/C10H10ClN3O3/c1-3-4-7(9(15)16)13-8-6(11)5-12-10(14-8)17-2/h1,5,7H,4H2,2H3,(H,15,16)(H,12,13,14). The number of anilines is 1. The van der Waals surface area contributed by atoms with Crippen LogP contribution in [-0.4, -0.2) is 34.2 Å². The van der Waals surface area contributed by atoms with Crippen LogP contribution in [0.3, 0.4) is 0 Å². The summed E-state index contributed by atoms with van der Waals surface area (Å²) in [6.45, 7) is 0. The van der Waals surface area contributed by atoms with E-state index in [1.165, 1.54) is 13.3 Å². The number of carboxylic acid groups (broad SMARTS) is 1. The van der Waals surface area contributed by atoms with Crippen molar-refractivity contribution in [2.24, 2.45) is 0 Å². The molecule has 0 fully saturated rings. The van der Waals surface area contributed by atoms with Crippen molar-refractivity contribution < 1.29 is 14.6 Å². The van der Waals surface area contributed by atoms with Gasteiger partial charge >= 0.3 is 12.0 Å². The van der Waals surface area contributed by atoms with E-state index >= 15 is 0 Å². The maximum Gasteiger partial charge on any atom is 0.327 e. The molecule has 6 nitrogen and oxygen atoms in total. The van der Waals surface area contributed by atoms with Gasteiger partial charge in [-0.1, -0.05) is 11.6 Å². The minimum atomic E-state index is -1.09. The average Bonchev–Trinajstić information content (AvgIpc) is 2.31. The second-order valence-electron chi connectivity index (χ2n) is 3.00. The van der Waals surface area contributed by atoms with Gasteiger partial charge in [0.05, 0.1) is 13.3 Å². The zero-order valence-electron chi connectivity index (χ0n) is 8.98. The molecule has 1 atom stereocenters. The third-order valence-corrected chi connectivity index (χ3v) is 2.11. The van der Waals surface area contributed by atoms with Crippen molar-refractivity contribution in [1.82, 2.24) is 9.97 Å². The fourth-order valence-electron chi connectivity index (χ4n) is 1.03. The van der Waals surface area contributed by atoms with Crippen LogP contribution in [0.5, 0.6) is 6.01 Å². The molecule has 1 heterocycles. The summed E-state index contributed by atoms with van der Waals surface area (Å²) in [5, 5.41) is 11.7. The summed E-state index contributed by atoms with van der Waals surface area (Å²) in [5.74, 6) is 1.34. The van der Waals surface area contributed by atoms with Gasteiger partial charge in [-0.3, -0.25) is 0 Å². The molecule has 0 aliphatic carbocycles. The van der Waals surface area contributed by atoms with E-state index < -0.39 is 12.0 Å². The van der Waals surface area contributed by atoms with Crippen LogP contribution in [0.2, 0.25) is 5.02 Å².